The van der Waals surface area contributed by atoms with Crippen molar-refractivity contribution < 1.29 is 26.3 Å². The van der Waals surface area contributed by atoms with Gasteiger partial charge < -0.3 is 5.73 Å². The van der Waals surface area contributed by atoms with Crippen molar-refractivity contribution in [2.45, 2.75) is 45.1 Å². The average Bonchev–Trinajstić information content (AvgIpc) is 1.98. The molecule has 0 saturated carbocycles. The molecule has 2 unspecified atom stereocenters. The number of hydrogen-bond acceptors (Lipinski definition) is 1. The molecule has 0 amide bonds. The standard InChI is InChI=1S/C9H15F6N/c1-3-4-5(2)6(16)7(8(10,11)12)9(13,14)15/h5-7H,3-4,16H2,1-2H3. The van der Waals surface area contributed by atoms with Crippen LogP contribution in [0.2, 0.25) is 0 Å². The molecule has 0 aromatic carbocycles. The third kappa shape index (κ3) is 4.19. The highest BCUT2D eigenvalue weighted by molar-refractivity contribution is 4.87. The van der Waals surface area contributed by atoms with E-state index < -0.39 is 30.2 Å². The van der Waals surface area contributed by atoms with Gasteiger partial charge in [-0.25, -0.2) is 0 Å². The quantitative estimate of drug-likeness (QED) is 0.760. The zero-order valence-corrected chi connectivity index (χ0v) is 8.99. The number of alkyl halides is 6. The Morgan fingerprint density at radius 1 is 1.00 bits per heavy atom. The van der Waals surface area contributed by atoms with Crippen LogP contribution in [0.25, 0.3) is 0 Å². The van der Waals surface area contributed by atoms with Crippen LogP contribution in [-0.4, -0.2) is 18.4 Å². The summed E-state index contributed by atoms with van der Waals surface area (Å²) in [5.41, 5.74) is 5.08. The maximum absolute atomic E-state index is 12.3. The monoisotopic (exact) mass is 251 g/mol. The van der Waals surface area contributed by atoms with Crippen molar-refractivity contribution in [3.05, 3.63) is 0 Å². The normalized spacial score (nSPS) is 17.6. The summed E-state index contributed by atoms with van der Waals surface area (Å²) in [7, 11) is 0. The van der Waals surface area contributed by atoms with Crippen LogP contribution >= 0.6 is 0 Å². The minimum Gasteiger partial charge on any atom is -0.327 e. The molecule has 0 spiro atoms. The van der Waals surface area contributed by atoms with Crippen LogP contribution in [0.5, 0.6) is 0 Å². The molecule has 0 saturated heterocycles. The van der Waals surface area contributed by atoms with Crippen LogP contribution in [-0.2, 0) is 0 Å². The van der Waals surface area contributed by atoms with Crippen molar-refractivity contribution in [2.24, 2.45) is 17.6 Å². The maximum atomic E-state index is 12.3. The Morgan fingerprint density at radius 2 is 1.38 bits per heavy atom. The van der Waals surface area contributed by atoms with E-state index in [-0.39, 0.29) is 6.42 Å². The second kappa shape index (κ2) is 5.25. The van der Waals surface area contributed by atoms with E-state index in [1.165, 1.54) is 6.92 Å². The van der Waals surface area contributed by atoms with Crippen LogP contribution in [0.3, 0.4) is 0 Å². The van der Waals surface area contributed by atoms with Crippen molar-refractivity contribution in [3.63, 3.8) is 0 Å². The van der Waals surface area contributed by atoms with Crippen LogP contribution in [0.1, 0.15) is 26.7 Å². The lowest BCUT2D eigenvalue weighted by Crippen LogP contribution is -2.51. The molecule has 1 nitrogen and oxygen atoms in total. The van der Waals surface area contributed by atoms with Gasteiger partial charge in [-0.3, -0.25) is 0 Å². The predicted molar refractivity (Wildman–Crippen MR) is 47.6 cm³/mol. The van der Waals surface area contributed by atoms with E-state index in [0.29, 0.717) is 6.42 Å². The Morgan fingerprint density at radius 3 is 1.62 bits per heavy atom. The van der Waals surface area contributed by atoms with Gasteiger partial charge in [0.25, 0.3) is 0 Å². The van der Waals surface area contributed by atoms with Gasteiger partial charge in [0.2, 0.25) is 0 Å². The van der Waals surface area contributed by atoms with E-state index >= 15 is 0 Å². The van der Waals surface area contributed by atoms with E-state index in [1.54, 1.807) is 6.92 Å². The molecule has 0 radical (unpaired) electrons. The molecule has 0 fully saturated rings. The van der Waals surface area contributed by atoms with Gasteiger partial charge in [-0.1, -0.05) is 20.3 Å². The van der Waals surface area contributed by atoms with Crippen molar-refractivity contribution in [3.8, 4) is 0 Å². The zero-order chi connectivity index (χ0) is 13.1. The van der Waals surface area contributed by atoms with Crippen molar-refractivity contribution >= 4 is 0 Å². The van der Waals surface area contributed by atoms with E-state index in [2.05, 4.69) is 0 Å². The summed E-state index contributed by atoms with van der Waals surface area (Å²) in [5, 5.41) is 0. The molecule has 0 aliphatic heterocycles. The fraction of sp³-hybridized carbons (Fsp3) is 1.00. The third-order valence-corrected chi connectivity index (χ3v) is 2.49. The lowest BCUT2D eigenvalue weighted by atomic mass is 9.86. The number of nitrogens with two attached hydrogens (primary N) is 1. The fourth-order valence-corrected chi connectivity index (χ4v) is 1.60. The lowest BCUT2D eigenvalue weighted by molar-refractivity contribution is -0.292. The summed E-state index contributed by atoms with van der Waals surface area (Å²) < 4.78 is 73.6. The number of halogens is 6. The van der Waals surface area contributed by atoms with Gasteiger partial charge in [0.05, 0.1) is 0 Å². The molecule has 2 N–H and O–H groups in total. The third-order valence-electron chi connectivity index (χ3n) is 2.49. The largest absolute Gasteiger partial charge is 0.402 e. The first-order chi connectivity index (χ1) is 7.01. The van der Waals surface area contributed by atoms with E-state index in [0.717, 1.165) is 0 Å². The van der Waals surface area contributed by atoms with Gasteiger partial charge in [-0.05, 0) is 12.3 Å². The van der Waals surface area contributed by atoms with Crippen LogP contribution in [0.4, 0.5) is 26.3 Å². The van der Waals surface area contributed by atoms with Gasteiger partial charge >= 0.3 is 12.4 Å². The van der Waals surface area contributed by atoms with Gasteiger partial charge in [0.15, 0.2) is 5.92 Å². The molecule has 0 aromatic heterocycles. The summed E-state index contributed by atoms with van der Waals surface area (Å²) in [6, 6.07) is -1.94. The highest BCUT2D eigenvalue weighted by Gasteiger charge is 2.60. The summed E-state index contributed by atoms with van der Waals surface area (Å²) in [4.78, 5) is 0. The fourth-order valence-electron chi connectivity index (χ4n) is 1.60. The van der Waals surface area contributed by atoms with Gasteiger partial charge in [-0.2, -0.15) is 26.3 Å². The smallest absolute Gasteiger partial charge is 0.327 e. The Kier molecular flexibility index (Phi) is 5.10. The molecule has 0 rings (SSSR count). The van der Waals surface area contributed by atoms with Gasteiger partial charge in [0.1, 0.15) is 0 Å². The van der Waals surface area contributed by atoms with Gasteiger partial charge in [-0.15, -0.1) is 0 Å². The molecule has 0 bridgehead atoms. The first kappa shape index (κ1) is 15.5. The Labute approximate surface area is 90.0 Å². The van der Waals surface area contributed by atoms with Crippen molar-refractivity contribution in [1.29, 1.82) is 0 Å². The molecule has 0 aliphatic carbocycles. The predicted octanol–water partition coefficient (Wildman–Crippen LogP) is 3.49. The topological polar surface area (TPSA) is 26.0 Å². The van der Waals surface area contributed by atoms with Crippen molar-refractivity contribution in [2.75, 3.05) is 0 Å². The second-order valence-corrected chi connectivity index (χ2v) is 3.90. The molecule has 0 aromatic rings. The molecular weight excluding hydrogens is 236 g/mol. The molecule has 98 valence electrons. The highest BCUT2D eigenvalue weighted by atomic mass is 19.4. The van der Waals surface area contributed by atoms with E-state index in [9.17, 15) is 26.3 Å². The van der Waals surface area contributed by atoms with Crippen LogP contribution in [0, 0.1) is 11.8 Å². The lowest BCUT2D eigenvalue weighted by Gasteiger charge is -2.31. The molecule has 16 heavy (non-hydrogen) atoms. The highest BCUT2D eigenvalue weighted by Crippen LogP contribution is 2.42. The van der Waals surface area contributed by atoms with E-state index in [1.807, 2.05) is 0 Å². The summed E-state index contributed by atoms with van der Waals surface area (Å²) >= 11 is 0. The zero-order valence-electron chi connectivity index (χ0n) is 8.99. The Balaban J connectivity index is 4.92. The molecule has 0 aliphatic rings. The minimum atomic E-state index is -5.35. The Hall–Kier alpha value is -0.460. The summed E-state index contributed by atoms with van der Waals surface area (Å²) in [6.07, 6.45) is -9.96. The second-order valence-electron chi connectivity index (χ2n) is 3.90. The van der Waals surface area contributed by atoms with Crippen LogP contribution < -0.4 is 5.73 Å². The number of rotatable bonds is 4. The molecular formula is C9H15F6N. The molecule has 2 atom stereocenters. The number of hydrogen-bond donors (Lipinski definition) is 1. The van der Waals surface area contributed by atoms with Crippen LogP contribution in [0.15, 0.2) is 0 Å². The first-order valence-corrected chi connectivity index (χ1v) is 4.90. The summed E-state index contributed by atoms with van der Waals surface area (Å²) in [5.74, 6) is -4.26. The minimum absolute atomic E-state index is 0.240. The molecule has 0 heterocycles. The Bertz CT molecular complexity index is 195. The van der Waals surface area contributed by atoms with E-state index in [4.69, 9.17) is 5.73 Å². The molecule has 7 heteroatoms. The van der Waals surface area contributed by atoms with Gasteiger partial charge in [0, 0.05) is 6.04 Å². The maximum Gasteiger partial charge on any atom is 0.402 e. The summed E-state index contributed by atoms with van der Waals surface area (Å²) in [6.45, 7) is 2.98. The SMILES string of the molecule is CCCC(C)C(N)C(C(F)(F)F)C(F)(F)F. The first-order valence-electron chi connectivity index (χ1n) is 4.90. The van der Waals surface area contributed by atoms with Crippen molar-refractivity contribution in [1.82, 2.24) is 0 Å². The average molecular weight is 251 g/mol.